The summed E-state index contributed by atoms with van der Waals surface area (Å²) in [4.78, 5) is 15.1. The molecule has 0 aliphatic heterocycles. The molecule has 0 saturated carbocycles. The molecule has 2 rings (SSSR count). The lowest BCUT2D eigenvalue weighted by Crippen LogP contribution is -1.97. The van der Waals surface area contributed by atoms with Gasteiger partial charge in [-0.1, -0.05) is 13.8 Å². The second-order valence-electron chi connectivity index (χ2n) is 4.43. The standard InChI is InChI=1S/C15H19NO2/c1-3-5-15(17)13-10-16-14-7-6-11(9-12(13)14)18-8-4-2/h6-7,9-10,16H,3-5,8H2,1-2H3. The van der Waals surface area contributed by atoms with Gasteiger partial charge < -0.3 is 9.72 Å². The van der Waals surface area contributed by atoms with E-state index >= 15 is 0 Å². The summed E-state index contributed by atoms with van der Waals surface area (Å²) in [6, 6.07) is 5.84. The second-order valence-corrected chi connectivity index (χ2v) is 4.43. The smallest absolute Gasteiger partial charge is 0.165 e. The summed E-state index contributed by atoms with van der Waals surface area (Å²) >= 11 is 0. The normalized spacial score (nSPS) is 10.8. The van der Waals surface area contributed by atoms with Crippen molar-refractivity contribution in [1.29, 1.82) is 0 Å². The minimum atomic E-state index is 0.191. The van der Waals surface area contributed by atoms with Gasteiger partial charge in [-0.2, -0.15) is 0 Å². The lowest BCUT2D eigenvalue weighted by molar-refractivity contribution is 0.0983. The van der Waals surface area contributed by atoms with Crippen molar-refractivity contribution in [2.24, 2.45) is 0 Å². The highest BCUT2D eigenvalue weighted by atomic mass is 16.5. The van der Waals surface area contributed by atoms with Gasteiger partial charge in [0.25, 0.3) is 0 Å². The quantitative estimate of drug-likeness (QED) is 0.783. The van der Waals surface area contributed by atoms with Crippen LogP contribution in [0.4, 0.5) is 0 Å². The van der Waals surface area contributed by atoms with Gasteiger partial charge in [0.05, 0.1) is 6.61 Å². The van der Waals surface area contributed by atoms with E-state index < -0.39 is 0 Å². The Balaban J connectivity index is 2.33. The first-order valence-electron chi connectivity index (χ1n) is 6.53. The highest BCUT2D eigenvalue weighted by molar-refractivity contribution is 6.08. The number of hydrogen-bond acceptors (Lipinski definition) is 2. The first kappa shape index (κ1) is 12.7. The molecule has 0 radical (unpaired) electrons. The van der Waals surface area contributed by atoms with Gasteiger partial charge in [0.15, 0.2) is 5.78 Å². The van der Waals surface area contributed by atoms with Gasteiger partial charge in [-0.3, -0.25) is 4.79 Å². The predicted octanol–water partition coefficient (Wildman–Crippen LogP) is 3.94. The summed E-state index contributed by atoms with van der Waals surface area (Å²) in [6.07, 6.45) is 4.24. The number of aromatic amines is 1. The molecule has 0 atom stereocenters. The minimum absolute atomic E-state index is 0.191. The van der Waals surface area contributed by atoms with Crippen molar-refractivity contribution in [2.75, 3.05) is 6.61 Å². The number of fused-ring (bicyclic) bond motifs is 1. The lowest BCUT2D eigenvalue weighted by atomic mass is 10.1. The van der Waals surface area contributed by atoms with E-state index in [-0.39, 0.29) is 5.78 Å². The van der Waals surface area contributed by atoms with Crippen molar-refractivity contribution in [1.82, 2.24) is 4.98 Å². The first-order chi connectivity index (χ1) is 8.76. The fourth-order valence-electron chi connectivity index (χ4n) is 2.00. The molecule has 0 fully saturated rings. The Kier molecular flexibility index (Phi) is 4.03. The van der Waals surface area contributed by atoms with E-state index in [9.17, 15) is 4.79 Å². The maximum atomic E-state index is 12.0. The van der Waals surface area contributed by atoms with Crippen LogP contribution in [0.2, 0.25) is 0 Å². The van der Waals surface area contributed by atoms with Crippen molar-refractivity contribution < 1.29 is 9.53 Å². The van der Waals surface area contributed by atoms with Gasteiger partial charge in [-0.15, -0.1) is 0 Å². The minimum Gasteiger partial charge on any atom is -0.494 e. The van der Waals surface area contributed by atoms with Crippen LogP contribution in [0, 0.1) is 0 Å². The molecular weight excluding hydrogens is 226 g/mol. The summed E-state index contributed by atoms with van der Waals surface area (Å²) in [6.45, 7) is 4.79. The summed E-state index contributed by atoms with van der Waals surface area (Å²) < 4.78 is 5.60. The van der Waals surface area contributed by atoms with Crippen LogP contribution in [0.1, 0.15) is 43.5 Å². The molecule has 0 saturated heterocycles. The SMILES string of the molecule is CCCOc1ccc2[nH]cc(C(=O)CCC)c2c1. The van der Waals surface area contributed by atoms with E-state index in [4.69, 9.17) is 4.74 Å². The lowest BCUT2D eigenvalue weighted by Gasteiger charge is -2.04. The fourth-order valence-corrected chi connectivity index (χ4v) is 2.00. The van der Waals surface area contributed by atoms with Crippen LogP contribution < -0.4 is 4.74 Å². The van der Waals surface area contributed by atoms with Crippen LogP contribution in [-0.4, -0.2) is 17.4 Å². The van der Waals surface area contributed by atoms with Gasteiger partial charge >= 0.3 is 0 Å². The van der Waals surface area contributed by atoms with Crippen LogP contribution in [0.5, 0.6) is 5.75 Å². The Hall–Kier alpha value is -1.77. The summed E-state index contributed by atoms with van der Waals surface area (Å²) in [7, 11) is 0. The molecule has 0 aliphatic carbocycles. The molecule has 18 heavy (non-hydrogen) atoms. The number of aromatic nitrogens is 1. The van der Waals surface area contributed by atoms with Crippen LogP contribution in [0.3, 0.4) is 0 Å². The molecule has 3 heteroatoms. The fraction of sp³-hybridized carbons (Fsp3) is 0.400. The maximum absolute atomic E-state index is 12.0. The highest BCUT2D eigenvalue weighted by Crippen LogP contribution is 2.25. The van der Waals surface area contributed by atoms with Gasteiger partial charge in [-0.05, 0) is 31.0 Å². The molecule has 0 spiro atoms. The molecule has 3 nitrogen and oxygen atoms in total. The highest BCUT2D eigenvalue weighted by Gasteiger charge is 2.11. The van der Waals surface area contributed by atoms with E-state index in [1.54, 1.807) is 6.20 Å². The van der Waals surface area contributed by atoms with Gasteiger partial charge in [0.2, 0.25) is 0 Å². The van der Waals surface area contributed by atoms with Crippen molar-refractivity contribution in [2.45, 2.75) is 33.1 Å². The summed E-state index contributed by atoms with van der Waals surface area (Å²) in [5.74, 6) is 1.02. The monoisotopic (exact) mass is 245 g/mol. The molecule has 0 bridgehead atoms. The number of carbonyl (C=O) groups excluding carboxylic acids is 1. The molecule has 1 aromatic carbocycles. The number of benzene rings is 1. The van der Waals surface area contributed by atoms with Gasteiger partial charge in [0.1, 0.15) is 5.75 Å². The van der Waals surface area contributed by atoms with Gasteiger partial charge in [-0.25, -0.2) is 0 Å². The zero-order valence-electron chi connectivity index (χ0n) is 11.0. The largest absolute Gasteiger partial charge is 0.494 e. The average Bonchev–Trinajstić information content (AvgIpc) is 2.79. The number of ketones is 1. The molecule has 0 amide bonds. The van der Waals surface area contributed by atoms with Crippen LogP contribution in [0.15, 0.2) is 24.4 Å². The molecule has 1 aromatic heterocycles. The third kappa shape index (κ3) is 2.55. The molecule has 2 aromatic rings. The Bertz CT molecular complexity index is 542. The number of H-pyrrole nitrogens is 1. The zero-order chi connectivity index (χ0) is 13.0. The number of hydrogen-bond donors (Lipinski definition) is 1. The number of carbonyl (C=O) groups is 1. The third-order valence-corrected chi connectivity index (χ3v) is 2.90. The first-order valence-corrected chi connectivity index (χ1v) is 6.53. The van der Waals surface area contributed by atoms with Crippen LogP contribution in [0.25, 0.3) is 10.9 Å². The van der Waals surface area contributed by atoms with Crippen LogP contribution in [-0.2, 0) is 0 Å². The number of ether oxygens (including phenoxy) is 1. The molecular formula is C15H19NO2. The Morgan fingerprint density at radius 3 is 2.83 bits per heavy atom. The molecule has 1 N–H and O–H groups in total. The predicted molar refractivity (Wildman–Crippen MR) is 73.3 cm³/mol. The number of Topliss-reactive ketones (excluding diaryl/α,β-unsaturated/α-hetero) is 1. The van der Waals surface area contributed by atoms with E-state index in [0.717, 1.165) is 35.1 Å². The third-order valence-electron chi connectivity index (χ3n) is 2.90. The van der Waals surface area contributed by atoms with Crippen molar-refractivity contribution in [3.05, 3.63) is 30.0 Å². The molecule has 96 valence electrons. The van der Waals surface area contributed by atoms with Gasteiger partial charge in [0, 0.05) is 29.1 Å². The summed E-state index contributed by atoms with van der Waals surface area (Å²) in [5.41, 5.74) is 1.76. The topological polar surface area (TPSA) is 42.1 Å². The second kappa shape index (κ2) is 5.71. The zero-order valence-corrected chi connectivity index (χ0v) is 11.0. The number of nitrogens with one attached hydrogen (secondary N) is 1. The van der Waals surface area contributed by atoms with Crippen molar-refractivity contribution in [3.63, 3.8) is 0 Å². The van der Waals surface area contributed by atoms with E-state index in [0.29, 0.717) is 13.0 Å². The van der Waals surface area contributed by atoms with Crippen molar-refractivity contribution in [3.8, 4) is 5.75 Å². The van der Waals surface area contributed by atoms with E-state index in [1.807, 2.05) is 25.1 Å². The molecule has 0 aliphatic rings. The van der Waals surface area contributed by atoms with Crippen molar-refractivity contribution >= 4 is 16.7 Å². The molecule has 1 heterocycles. The van der Waals surface area contributed by atoms with Crippen LogP contribution >= 0.6 is 0 Å². The average molecular weight is 245 g/mol. The number of rotatable bonds is 6. The van der Waals surface area contributed by atoms with E-state index in [2.05, 4.69) is 11.9 Å². The Labute approximate surface area is 107 Å². The Morgan fingerprint density at radius 2 is 2.11 bits per heavy atom. The molecule has 0 unspecified atom stereocenters. The summed E-state index contributed by atoms with van der Waals surface area (Å²) in [5, 5.41) is 0.960. The maximum Gasteiger partial charge on any atom is 0.165 e. The Morgan fingerprint density at radius 1 is 1.28 bits per heavy atom. The van der Waals surface area contributed by atoms with E-state index in [1.165, 1.54) is 0 Å².